The van der Waals surface area contributed by atoms with E-state index in [9.17, 15) is 4.79 Å². The number of hydrogen-bond donors (Lipinski definition) is 0. The van der Waals surface area contributed by atoms with Crippen molar-refractivity contribution >= 4 is 5.97 Å². The zero-order valence-corrected chi connectivity index (χ0v) is 10.6. The molecule has 0 amide bonds. The van der Waals surface area contributed by atoms with Crippen LogP contribution in [0.15, 0.2) is 0 Å². The second-order valence-electron chi connectivity index (χ2n) is 5.89. The Labute approximate surface area is 92.7 Å². The van der Waals surface area contributed by atoms with Crippen molar-refractivity contribution in [1.29, 1.82) is 0 Å². The SMILES string of the molecule is CC(C)(C)C(C)(C)C(=O)ON1CCCC1. The molecule has 0 aromatic carbocycles. The van der Waals surface area contributed by atoms with E-state index in [1.165, 1.54) is 0 Å². The van der Waals surface area contributed by atoms with E-state index >= 15 is 0 Å². The van der Waals surface area contributed by atoms with Gasteiger partial charge in [0.05, 0.1) is 5.41 Å². The molecule has 1 heterocycles. The molecule has 1 aliphatic rings. The highest BCUT2D eigenvalue weighted by molar-refractivity contribution is 5.76. The highest BCUT2D eigenvalue weighted by Crippen LogP contribution is 2.39. The molecule has 0 unspecified atom stereocenters. The number of carbonyl (C=O) groups is 1. The van der Waals surface area contributed by atoms with Crippen LogP contribution in [0.3, 0.4) is 0 Å². The van der Waals surface area contributed by atoms with Crippen LogP contribution in [-0.4, -0.2) is 24.1 Å². The van der Waals surface area contributed by atoms with Crippen molar-refractivity contribution in [2.24, 2.45) is 10.8 Å². The molecule has 1 saturated heterocycles. The highest BCUT2D eigenvalue weighted by Gasteiger charge is 2.42. The van der Waals surface area contributed by atoms with E-state index in [0.29, 0.717) is 0 Å². The van der Waals surface area contributed by atoms with Crippen LogP contribution >= 0.6 is 0 Å². The van der Waals surface area contributed by atoms with Gasteiger partial charge in [0.1, 0.15) is 0 Å². The molecule has 0 saturated carbocycles. The van der Waals surface area contributed by atoms with Crippen molar-refractivity contribution < 1.29 is 9.63 Å². The Balaban J connectivity index is 2.59. The first-order chi connectivity index (χ1) is 6.75. The molecular weight excluding hydrogens is 190 g/mol. The minimum Gasteiger partial charge on any atom is -0.367 e. The first kappa shape index (κ1) is 12.5. The summed E-state index contributed by atoms with van der Waals surface area (Å²) in [6.07, 6.45) is 2.26. The molecule has 0 N–H and O–H groups in total. The third kappa shape index (κ3) is 2.71. The van der Waals surface area contributed by atoms with Crippen molar-refractivity contribution in [3.63, 3.8) is 0 Å². The quantitative estimate of drug-likeness (QED) is 0.706. The second kappa shape index (κ2) is 4.12. The molecule has 3 nitrogen and oxygen atoms in total. The lowest BCUT2D eigenvalue weighted by Crippen LogP contribution is -2.41. The first-order valence-electron chi connectivity index (χ1n) is 5.72. The molecule has 0 aromatic rings. The summed E-state index contributed by atoms with van der Waals surface area (Å²) in [5.74, 6) is -0.114. The standard InChI is InChI=1S/C12H23NO2/c1-11(2,3)12(4,5)10(14)15-13-8-6-7-9-13/h6-9H2,1-5H3. The summed E-state index contributed by atoms with van der Waals surface area (Å²) in [5.41, 5.74) is -0.528. The molecule has 0 bridgehead atoms. The molecule has 1 fully saturated rings. The maximum absolute atomic E-state index is 12.0. The summed E-state index contributed by atoms with van der Waals surface area (Å²) in [6.45, 7) is 11.9. The molecule has 1 rings (SSSR count). The fraction of sp³-hybridized carbons (Fsp3) is 0.917. The van der Waals surface area contributed by atoms with Gasteiger partial charge in [-0.2, -0.15) is 0 Å². The van der Waals surface area contributed by atoms with E-state index in [1.54, 1.807) is 5.06 Å². The monoisotopic (exact) mass is 213 g/mol. The van der Waals surface area contributed by atoms with Crippen LogP contribution in [0.5, 0.6) is 0 Å². The third-order valence-corrected chi connectivity index (χ3v) is 3.66. The van der Waals surface area contributed by atoms with Crippen LogP contribution in [0.25, 0.3) is 0 Å². The van der Waals surface area contributed by atoms with Crippen LogP contribution in [0.1, 0.15) is 47.5 Å². The van der Waals surface area contributed by atoms with Gasteiger partial charge in [0.15, 0.2) is 0 Å². The van der Waals surface area contributed by atoms with E-state index in [-0.39, 0.29) is 11.4 Å². The lowest BCUT2D eigenvalue weighted by Gasteiger charge is -2.36. The third-order valence-electron chi connectivity index (χ3n) is 3.66. The Morgan fingerprint density at radius 2 is 1.53 bits per heavy atom. The minimum atomic E-state index is -0.449. The van der Waals surface area contributed by atoms with Crippen LogP contribution in [0.2, 0.25) is 0 Å². The van der Waals surface area contributed by atoms with Gasteiger partial charge in [0, 0.05) is 13.1 Å². The Morgan fingerprint density at radius 1 is 1.07 bits per heavy atom. The summed E-state index contributed by atoms with van der Waals surface area (Å²) < 4.78 is 0. The van der Waals surface area contributed by atoms with Crippen molar-refractivity contribution in [3.8, 4) is 0 Å². The van der Waals surface area contributed by atoms with Crippen molar-refractivity contribution in [2.75, 3.05) is 13.1 Å². The summed E-state index contributed by atoms with van der Waals surface area (Å²) in [6, 6.07) is 0. The van der Waals surface area contributed by atoms with Gasteiger partial charge in [-0.3, -0.25) is 0 Å². The first-order valence-corrected chi connectivity index (χ1v) is 5.72. The summed E-state index contributed by atoms with van der Waals surface area (Å²) in [5, 5.41) is 1.79. The summed E-state index contributed by atoms with van der Waals surface area (Å²) in [4.78, 5) is 17.4. The smallest absolute Gasteiger partial charge is 0.331 e. The van der Waals surface area contributed by atoms with E-state index in [4.69, 9.17) is 4.84 Å². The van der Waals surface area contributed by atoms with Gasteiger partial charge in [0.25, 0.3) is 0 Å². The van der Waals surface area contributed by atoms with Gasteiger partial charge in [-0.15, -0.1) is 5.06 Å². The van der Waals surface area contributed by atoms with Gasteiger partial charge < -0.3 is 4.84 Å². The molecule has 0 aliphatic carbocycles. The molecule has 0 spiro atoms. The van der Waals surface area contributed by atoms with Crippen LogP contribution in [0, 0.1) is 10.8 Å². The fourth-order valence-electron chi connectivity index (χ4n) is 1.32. The average molecular weight is 213 g/mol. The number of hydrogen-bond acceptors (Lipinski definition) is 3. The van der Waals surface area contributed by atoms with Crippen LogP contribution < -0.4 is 0 Å². The number of carbonyl (C=O) groups excluding carboxylic acids is 1. The molecule has 88 valence electrons. The summed E-state index contributed by atoms with van der Waals surface area (Å²) in [7, 11) is 0. The van der Waals surface area contributed by atoms with E-state index < -0.39 is 5.41 Å². The van der Waals surface area contributed by atoms with Gasteiger partial charge in [-0.1, -0.05) is 20.8 Å². The zero-order valence-electron chi connectivity index (χ0n) is 10.6. The maximum Gasteiger partial charge on any atom is 0.331 e. The molecule has 0 aromatic heterocycles. The van der Waals surface area contributed by atoms with Crippen molar-refractivity contribution in [3.05, 3.63) is 0 Å². The van der Waals surface area contributed by atoms with Crippen molar-refractivity contribution in [1.82, 2.24) is 5.06 Å². The topological polar surface area (TPSA) is 29.5 Å². The zero-order chi connectivity index (χ0) is 11.7. The molecule has 1 aliphatic heterocycles. The number of nitrogens with zero attached hydrogens (tertiary/aromatic N) is 1. The minimum absolute atomic E-state index is 0.0796. The van der Waals surface area contributed by atoms with E-state index in [2.05, 4.69) is 20.8 Å². The molecule has 3 heteroatoms. The molecule has 15 heavy (non-hydrogen) atoms. The molecular formula is C12H23NO2. The van der Waals surface area contributed by atoms with Crippen LogP contribution in [0.4, 0.5) is 0 Å². The molecule has 0 atom stereocenters. The summed E-state index contributed by atoms with van der Waals surface area (Å²) >= 11 is 0. The normalized spacial score (nSPS) is 19.3. The van der Waals surface area contributed by atoms with Gasteiger partial charge in [-0.25, -0.2) is 4.79 Å². The second-order valence-corrected chi connectivity index (χ2v) is 5.89. The van der Waals surface area contributed by atoms with Crippen molar-refractivity contribution in [2.45, 2.75) is 47.5 Å². The van der Waals surface area contributed by atoms with E-state index in [0.717, 1.165) is 25.9 Å². The Kier molecular flexibility index (Phi) is 3.44. The van der Waals surface area contributed by atoms with Gasteiger partial charge in [-0.05, 0) is 32.1 Å². The van der Waals surface area contributed by atoms with Crippen LogP contribution in [-0.2, 0) is 9.63 Å². The average Bonchev–Trinajstić information content (AvgIpc) is 2.54. The lowest BCUT2D eigenvalue weighted by atomic mass is 9.69. The Hall–Kier alpha value is -0.570. The number of hydroxylamine groups is 2. The van der Waals surface area contributed by atoms with Gasteiger partial charge in [0.2, 0.25) is 0 Å². The Morgan fingerprint density at radius 3 is 1.93 bits per heavy atom. The van der Waals surface area contributed by atoms with Gasteiger partial charge >= 0.3 is 5.97 Å². The van der Waals surface area contributed by atoms with E-state index in [1.807, 2.05) is 13.8 Å². The molecule has 0 radical (unpaired) electrons. The predicted octanol–water partition coefficient (Wildman–Crippen LogP) is 2.61. The Bertz CT molecular complexity index is 234. The maximum atomic E-state index is 12.0. The predicted molar refractivity (Wildman–Crippen MR) is 60.1 cm³/mol. The highest BCUT2D eigenvalue weighted by atomic mass is 16.7. The number of rotatable bonds is 2. The fourth-order valence-corrected chi connectivity index (χ4v) is 1.32. The lowest BCUT2D eigenvalue weighted by molar-refractivity contribution is -0.202. The largest absolute Gasteiger partial charge is 0.367 e.